The van der Waals surface area contributed by atoms with E-state index >= 15 is 0 Å². The number of nitrogens with zero attached hydrogens (tertiary/aromatic N) is 3. The lowest BCUT2D eigenvalue weighted by Crippen LogP contribution is -2.48. The molecule has 2 heterocycles. The van der Waals surface area contributed by atoms with Crippen LogP contribution in [0.3, 0.4) is 0 Å². The van der Waals surface area contributed by atoms with Gasteiger partial charge in [0.1, 0.15) is 0 Å². The average Bonchev–Trinajstić information content (AvgIpc) is 3.43. The molecule has 1 aliphatic carbocycles. The van der Waals surface area contributed by atoms with Crippen LogP contribution in [0.2, 0.25) is 0 Å². The molecule has 0 radical (unpaired) electrons. The molecule has 0 spiro atoms. The fourth-order valence-corrected chi connectivity index (χ4v) is 4.45. The normalized spacial score (nSPS) is 23.4. The first-order valence-corrected chi connectivity index (χ1v) is 10.1. The molecule has 1 saturated carbocycles. The lowest BCUT2D eigenvalue weighted by Gasteiger charge is -2.35. The second-order valence-electron chi connectivity index (χ2n) is 7.16. The monoisotopic (exact) mass is 373 g/mol. The highest BCUT2D eigenvalue weighted by Gasteiger charge is 2.30. The molecular formula is C19H23N3O3S. The third-order valence-electron chi connectivity index (χ3n) is 4.78. The summed E-state index contributed by atoms with van der Waals surface area (Å²) in [5.41, 5.74) is 0.694. The van der Waals surface area contributed by atoms with Crippen LogP contribution in [0.1, 0.15) is 32.7 Å². The molecule has 0 unspecified atom stereocenters. The van der Waals surface area contributed by atoms with Gasteiger partial charge in [0.05, 0.1) is 28.9 Å². The van der Waals surface area contributed by atoms with Crippen molar-refractivity contribution in [2.75, 3.05) is 18.8 Å². The fourth-order valence-electron chi connectivity index (χ4n) is 3.48. The summed E-state index contributed by atoms with van der Waals surface area (Å²) in [7, 11) is 0. The van der Waals surface area contributed by atoms with E-state index in [0.717, 1.165) is 12.8 Å². The molecule has 2 fully saturated rings. The molecule has 1 aromatic heterocycles. The molecule has 26 heavy (non-hydrogen) atoms. The summed E-state index contributed by atoms with van der Waals surface area (Å²) in [6, 6.07) is 7.64. The maximum absolute atomic E-state index is 12.9. The Hall–Kier alpha value is -1.86. The molecule has 1 aromatic carbocycles. The second kappa shape index (κ2) is 7.04. The van der Waals surface area contributed by atoms with Gasteiger partial charge in [-0.2, -0.15) is 0 Å². The highest BCUT2D eigenvalue weighted by molar-refractivity contribution is 7.99. The van der Waals surface area contributed by atoms with E-state index in [1.807, 2.05) is 43.0 Å². The van der Waals surface area contributed by atoms with E-state index in [1.54, 1.807) is 4.57 Å². The van der Waals surface area contributed by atoms with Crippen LogP contribution in [0.4, 0.5) is 0 Å². The van der Waals surface area contributed by atoms with Crippen LogP contribution in [0.15, 0.2) is 34.2 Å². The minimum Gasteiger partial charge on any atom is -0.372 e. The van der Waals surface area contributed by atoms with Gasteiger partial charge in [-0.3, -0.25) is 14.2 Å². The molecule has 0 N–H and O–H groups in total. The Morgan fingerprint density at radius 3 is 2.62 bits per heavy atom. The number of benzene rings is 1. The zero-order chi connectivity index (χ0) is 18.3. The van der Waals surface area contributed by atoms with Crippen LogP contribution in [-0.4, -0.2) is 51.4 Å². The van der Waals surface area contributed by atoms with E-state index in [2.05, 4.69) is 4.98 Å². The van der Waals surface area contributed by atoms with Crippen LogP contribution in [0.5, 0.6) is 0 Å². The van der Waals surface area contributed by atoms with Gasteiger partial charge in [-0.15, -0.1) is 0 Å². The van der Waals surface area contributed by atoms with Crippen molar-refractivity contribution in [1.29, 1.82) is 0 Å². The largest absolute Gasteiger partial charge is 0.372 e. The minimum atomic E-state index is 0.00154. The molecule has 4 rings (SSSR count). The van der Waals surface area contributed by atoms with Crippen molar-refractivity contribution in [3.8, 4) is 0 Å². The standard InChI is InChI=1S/C19H23N3O3S/c1-12-9-21(10-13(2)25-12)17(23)11-26-19-20-16-6-4-3-5-15(16)18(24)22(19)14-7-8-14/h3-6,12-14H,7-11H2,1-2H3/t12-,13-/m1/s1. The van der Waals surface area contributed by atoms with Crippen LogP contribution < -0.4 is 5.56 Å². The number of amides is 1. The number of carbonyl (C=O) groups is 1. The quantitative estimate of drug-likeness (QED) is 0.608. The second-order valence-corrected chi connectivity index (χ2v) is 8.11. The summed E-state index contributed by atoms with van der Waals surface area (Å²) in [4.78, 5) is 32.0. The topological polar surface area (TPSA) is 64.4 Å². The first-order chi connectivity index (χ1) is 12.5. The van der Waals surface area contributed by atoms with Crippen molar-refractivity contribution in [1.82, 2.24) is 14.5 Å². The Bertz CT molecular complexity index is 883. The Kier molecular flexibility index (Phi) is 4.75. The van der Waals surface area contributed by atoms with Crippen molar-refractivity contribution in [3.63, 3.8) is 0 Å². The molecule has 138 valence electrons. The SMILES string of the molecule is C[C@@H]1CN(C(=O)CSc2nc3ccccc3c(=O)n2C2CC2)C[C@@H](C)O1. The van der Waals surface area contributed by atoms with Gasteiger partial charge in [-0.05, 0) is 38.8 Å². The van der Waals surface area contributed by atoms with Gasteiger partial charge in [-0.25, -0.2) is 4.98 Å². The van der Waals surface area contributed by atoms with Crippen LogP contribution in [0.25, 0.3) is 10.9 Å². The first-order valence-electron chi connectivity index (χ1n) is 9.10. The lowest BCUT2D eigenvalue weighted by atomic mass is 10.2. The predicted octanol–water partition coefficient (Wildman–Crippen LogP) is 2.46. The van der Waals surface area contributed by atoms with E-state index in [-0.39, 0.29) is 35.5 Å². The molecule has 7 heteroatoms. The number of ether oxygens (including phenoxy) is 1. The predicted molar refractivity (Wildman–Crippen MR) is 102 cm³/mol. The fraction of sp³-hybridized carbons (Fsp3) is 0.526. The molecule has 2 atom stereocenters. The summed E-state index contributed by atoms with van der Waals surface area (Å²) in [5, 5.41) is 1.30. The highest BCUT2D eigenvalue weighted by Crippen LogP contribution is 2.36. The summed E-state index contributed by atoms with van der Waals surface area (Å²) < 4.78 is 7.48. The summed E-state index contributed by atoms with van der Waals surface area (Å²) in [5.74, 6) is 0.360. The first kappa shape index (κ1) is 17.5. The number of rotatable bonds is 4. The summed E-state index contributed by atoms with van der Waals surface area (Å²) >= 11 is 1.37. The Labute approximate surface area is 156 Å². The average molecular weight is 373 g/mol. The number of thioether (sulfide) groups is 1. The van der Waals surface area contributed by atoms with Gasteiger partial charge < -0.3 is 9.64 Å². The molecular weight excluding hydrogens is 350 g/mol. The number of hydrogen-bond acceptors (Lipinski definition) is 5. The maximum Gasteiger partial charge on any atom is 0.262 e. The number of morpholine rings is 1. The van der Waals surface area contributed by atoms with E-state index in [4.69, 9.17) is 4.74 Å². The van der Waals surface area contributed by atoms with Gasteiger partial charge in [0.2, 0.25) is 5.91 Å². The van der Waals surface area contributed by atoms with Gasteiger partial charge >= 0.3 is 0 Å². The Morgan fingerprint density at radius 1 is 1.23 bits per heavy atom. The number of hydrogen-bond donors (Lipinski definition) is 0. The minimum absolute atomic E-state index is 0.00154. The lowest BCUT2D eigenvalue weighted by molar-refractivity contribution is -0.140. The third-order valence-corrected chi connectivity index (χ3v) is 5.72. The molecule has 1 aliphatic heterocycles. The summed E-state index contributed by atoms with van der Waals surface area (Å²) in [6.07, 6.45) is 2.10. The van der Waals surface area contributed by atoms with Gasteiger partial charge in [0.25, 0.3) is 5.56 Å². The zero-order valence-corrected chi connectivity index (χ0v) is 15.9. The number of carbonyl (C=O) groups excluding carboxylic acids is 1. The molecule has 1 amide bonds. The molecule has 6 nitrogen and oxygen atoms in total. The molecule has 1 saturated heterocycles. The van der Waals surface area contributed by atoms with E-state index in [1.165, 1.54) is 11.8 Å². The Balaban J connectivity index is 1.56. The molecule has 2 aliphatic rings. The van der Waals surface area contributed by atoms with Crippen molar-refractivity contribution < 1.29 is 9.53 Å². The van der Waals surface area contributed by atoms with E-state index in [0.29, 0.717) is 29.1 Å². The van der Waals surface area contributed by atoms with Gasteiger partial charge in [-0.1, -0.05) is 23.9 Å². The maximum atomic E-state index is 12.9. The van der Waals surface area contributed by atoms with Gasteiger partial charge in [0, 0.05) is 19.1 Å². The van der Waals surface area contributed by atoms with Crippen molar-refractivity contribution in [2.24, 2.45) is 0 Å². The van der Waals surface area contributed by atoms with Crippen LogP contribution in [-0.2, 0) is 9.53 Å². The Morgan fingerprint density at radius 2 is 1.92 bits per heavy atom. The number of aromatic nitrogens is 2. The molecule has 2 aromatic rings. The van der Waals surface area contributed by atoms with E-state index < -0.39 is 0 Å². The third kappa shape index (κ3) is 3.50. The highest BCUT2D eigenvalue weighted by atomic mass is 32.2. The molecule has 0 bridgehead atoms. The van der Waals surface area contributed by atoms with Crippen molar-refractivity contribution in [3.05, 3.63) is 34.6 Å². The zero-order valence-electron chi connectivity index (χ0n) is 15.1. The van der Waals surface area contributed by atoms with Crippen molar-refractivity contribution >= 4 is 28.6 Å². The smallest absolute Gasteiger partial charge is 0.262 e. The number of para-hydroxylation sites is 1. The van der Waals surface area contributed by atoms with E-state index in [9.17, 15) is 9.59 Å². The summed E-state index contributed by atoms with van der Waals surface area (Å²) in [6.45, 7) is 5.20. The number of fused-ring (bicyclic) bond motifs is 1. The van der Waals surface area contributed by atoms with Gasteiger partial charge in [0.15, 0.2) is 5.16 Å². The van der Waals surface area contributed by atoms with Crippen LogP contribution >= 0.6 is 11.8 Å². The van der Waals surface area contributed by atoms with Crippen molar-refractivity contribution in [2.45, 2.75) is 50.1 Å². The van der Waals surface area contributed by atoms with Crippen LogP contribution in [0, 0.1) is 0 Å².